The van der Waals surface area contributed by atoms with E-state index in [1.807, 2.05) is 6.07 Å². The molecule has 0 unspecified atom stereocenters. The van der Waals surface area contributed by atoms with E-state index in [-0.39, 0.29) is 0 Å². The first kappa shape index (κ1) is 29.1. The summed E-state index contributed by atoms with van der Waals surface area (Å²) in [6.45, 7) is 0. The molecule has 0 heterocycles. The summed E-state index contributed by atoms with van der Waals surface area (Å²) >= 11 is 0. The number of benzene rings is 8. The number of anilines is 5. The quantitative estimate of drug-likeness (QED) is 0.183. The van der Waals surface area contributed by atoms with Gasteiger partial charge in [-0.25, -0.2) is 0 Å². The molecule has 0 spiro atoms. The molecule has 0 aliphatic heterocycles. The second-order valence-electron chi connectivity index (χ2n) is 11.9. The highest BCUT2D eigenvalue weighted by Crippen LogP contribution is 2.42. The zero-order valence-electron chi connectivity index (χ0n) is 26.5. The summed E-state index contributed by atoms with van der Waals surface area (Å²) in [6, 6.07) is 71.1. The summed E-state index contributed by atoms with van der Waals surface area (Å²) in [6.07, 6.45) is 0. The van der Waals surface area contributed by atoms with Crippen LogP contribution in [0.25, 0.3) is 44.2 Å². The molecule has 0 aromatic heterocycles. The number of rotatable bonds is 8. The summed E-state index contributed by atoms with van der Waals surface area (Å²) in [7, 11) is 0. The Labute approximate surface area is 282 Å². The smallest absolute Gasteiger partial charge is 0.0485 e. The van der Waals surface area contributed by atoms with E-state index in [1.165, 1.54) is 38.6 Å². The van der Waals surface area contributed by atoms with E-state index >= 15 is 0 Å². The van der Waals surface area contributed by atoms with E-state index in [0.29, 0.717) is 0 Å². The number of nitrogens with one attached hydrogen (secondary N) is 1. The van der Waals surface area contributed by atoms with Gasteiger partial charge in [0, 0.05) is 34.0 Å². The fraction of sp³-hybridized carbons (Fsp3) is 0. The van der Waals surface area contributed by atoms with Crippen molar-refractivity contribution in [2.24, 2.45) is 0 Å². The van der Waals surface area contributed by atoms with Crippen molar-refractivity contribution < 1.29 is 0 Å². The van der Waals surface area contributed by atoms with Crippen LogP contribution in [-0.4, -0.2) is 0 Å². The van der Waals surface area contributed by atoms with Gasteiger partial charge in [0.25, 0.3) is 0 Å². The average molecular weight is 615 g/mol. The molecule has 1 N–H and O–H groups in total. The third kappa shape index (κ3) is 5.95. The fourth-order valence-electron chi connectivity index (χ4n) is 6.46. The monoisotopic (exact) mass is 614 g/mol. The van der Waals surface area contributed by atoms with Gasteiger partial charge in [-0.3, -0.25) is 0 Å². The molecule has 0 aliphatic rings. The van der Waals surface area contributed by atoms with Crippen LogP contribution in [-0.2, 0) is 0 Å². The fourth-order valence-corrected chi connectivity index (χ4v) is 6.46. The Kier molecular flexibility index (Phi) is 7.96. The second-order valence-corrected chi connectivity index (χ2v) is 11.9. The molecule has 48 heavy (non-hydrogen) atoms. The van der Waals surface area contributed by atoms with Crippen LogP contribution in [0.15, 0.2) is 200 Å². The minimum Gasteiger partial charge on any atom is -0.355 e. The third-order valence-corrected chi connectivity index (χ3v) is 8.86. The molecule has 0 fully saturated rings. The predicted octanol–water partition coefficient (Wildman–Crippen LogP) is 13.1. The Morgan fingerprint density at radius 1 is 0.333 bits per heavy atom. The second kappa shape index (κ2) is 13.2. The van der Waals surface area contributed by atoms with Gasteiger partial charge in [0.15, 0.2) is 0 Å². The van der Waals surface area contributed by atoms with Crippen LogP contribution < -0.4 is 10.2 Å². The Hall–Kier alpha value is -6.38. The van der Waals surface area contributed by atoms with Crippen LogP contribution in [0, 0.1) is 0 Å². The highest BCUT2D eigenvalue weighted by atomic mass is 15.1. The van der Waals surface area contributed by atoms with Gasteiger partial charge in [-0.05, 0) is 87.1 Å². The summed E-state index contributed by atoms with van der Waals surface area (Å²) in [5.41, 5.74) is 12.5. The van der Waals surface area contributed by atoms with E-state index in [1.54, 1.807) is 0 Å². The Balaban J connectivity index is 1.27. The van der Waals surface area contributed by atoms with Crippen molar-refractivity contribution in [1.82, 2.24) is 0 Å². The molecule has 0 aliphatic carbocycles. The minimum absolute atomic E-state index is 1.04. The predicted molar refractivity (Wildman–Crippen MR) is 205 cm³/mol. The highest BCUT2D eigenvalue weighted by Gasteiger charge is 2.17. The lowest BCUT2D eigenvalue weighted by atomic mass is 9.96. The van der Waals surface area contributed by atoms with E-state index in [2.05, 4.69) is 204 Å². The summed E-state index contributed by atoms with van der Waals surface area (Å²) in [4.78, 5) is 2.34. The molecule has 8 rings (SSSR count). The van der Waals surface area contributed by atoms with Crippen molar-refractivity contribution in [2.45, 2.75) is 0 Å². The first-order valence-electron chi connectivity index (χ1n) is 16.4. The molecule has 0 radical (unpaired) electrons. The SMILES string of the molecule is c1ccc(Nc2cc(N(c3ccc(-c4ccccc4)cc3)c3ccc(-c4ccccc4)cc3)ccc2-c2cccc3ccccc23)cc1. The van der Waals surface area contributed by atoms with E-state index in [9.17, 15) is 0 Å². The Morgan fingerprint density at radius 3 is 1.42 bits per heavy atom. The van der Waals surface area contributed by atoms with E-state index in [4.69, 9.17) is 0 Å². The molecule has 228 valence electrons. The van der Waals surface area contributed by atoms with Gasteiger partial charge in [-0.1, -0.05) is 152 Å². The van der Waals surface area contributed by atoms with Gasteiger partial charge >= 0.3 is 0 Å². The summed E-state index contributed by atoms with van der Waals surface area (Å²) in [5, 5.41) is 6.22. The average Bonchev–Trinajstić information content (AvgIpc) is 3.17. The zero-order chi connectivity index (χ0) is 32.1. The third-order valence-electron chi connectivity index (χ3n) is 8.86. The normalized spacial score (nSPS) is 10.9. The zero-order valence-corrected chi connectivity index (χ0v) is 26.5. The number of nitrogens with zero attached hydrogens (tertiary/aromatic N) is 1. The molecule has 0 saturated carbocycles. The molecule has 0 amide bonds. The lowest BCUT2D eigenvalue weighted by molar-refractivity contribution is 1.28. The van der Waals surface area contributed by atoms with Gasteiger partial charge in [-0.15, -0.1) is 0 Å². The molecular weight excluding hydrogens is 581 g/mol. The maximum absolute atomic E-state index is 3.77. The number of hydrogen-bond acceptors (Lipinski definition) is 2. The summed E-state index contributed by atoms with van der Waals surface area (Å²) in [5.74, 6) is 0. The van der Waals surface area contributed by atoms with Crippen molar-refractivity contribution >= 4 is 39.2 Å². The van der Waals surface area contributed by atoms with Crippen LogP contribution >= 0.6 is 0 Å². The molecule has 2 heteroatoms. The number of fused-ring (bicyclic) bond motifs is 1. The molecular formula is C46H34N2. The van der Waals surface area contributed by atoms with Crippen molar-refractivity contribution in [2.75, 3.05) is 10.2 Å². The van der Waals surface area contributed by atoms with E-state index < -0.39 is 0 Å². The van der Waals surface area contributed by atoms with Crippen LogP contribution in [0.5, 0.6) is 0 Å². The van der Waals surface area contributed by atoms with Gasteiger partial charge < -0.3 is 10.2 Å². The van der Waals surface area contributed by atoms with Crippen LogP contribution in [0.1, 0.15) is 0 Å². The molecule has 0 saturated heterocycles. The van der Waals surface area contributed by atoms with Gasteiger partial charge in [0.1, 0.15) is 0 Å². The number of hydrogen-bond donors (Lipinski definition) is 1. The largest absolute Gasteiger partial charge is 0.355 e. The Bertz CT molecular complexity index is 2190. The maximum Gasteiger partial charge on any atom is 0.0485 e. The molecule has 8 aromatic rings. The lowest BCUT2D eigenvalue weighted by Gasteiger charge is -2.27. The van der Waals surface area contributed by atoms with Gasteiger partial charge in [0.05, 0.1) is 0 Å². The molecule has 2 nitrogen and oxygen atoms in total. The molecule has 0 atom stereocenters. The van der Waals surface area contributed by atoms with Crippen molar-refractivity contribution in [3.8, 4) is 33.4 Å². The highest BCUT2D eigenvalue weighted by molar-refractivity contribution is 6.01. The van der Waals surface area contributed by atoms with Crippen molar-refractivity contribution in [3.05, 3.63) is 200 Å². The number of para-hydroxylation sites is 1. The first-order chi connectivity index (χ1) is 23.8. The van der Waals surface area contributed by atoms with E-state index in [0.717, 1.165) is 34.0 Å². The standard InChI is InChI=1S/C46H34N2/c1-4-13-34(14-5-1)36-23-27-40(28-24-36)48(41-29-25-37(26-30-41)35-15-6-2-7-16-35)42-31-32-45(46(33-42)47-39-19-8-3-9-20-39)44-22-12-18-38-17-10-11-21-43(38)44/h1-33,47H. The summed E-state index contributed by atoms with van der Waals surface area (Å²) < 4.78 is 0. The molecule has 0 bridgehead atoms. The minimum atomic E-state index is 1.04. The van der Waals surface area contributed by atoms with Crippen LogP contribution in [0.2, 0.25) is 0 Å². The van der Waals surface area contributed by atoms with Crippen molar-refractivity contribution in [1.29, 1.82) is 0 Å². The van der Waals surface area contributed by atoms with Crippen molar-refractivity contribution in [3.63, 3.8) is 0 Å². The molecule has 8 aromatic carbocycles. The first-order valence-corrected chi connectivity index (χ1v) is 16.4. The lowest BCUT2D eigenvalue weighted by Crippen LogP contribution is -2.10. The van der Waals surface area contributed by atoms with Crippen LogP contribution in [0.4, 0.5) is 28.4 Å². The topological polar surface area (TPSA) is 15.3 Å². The Morgan fingerprint density at radius 2 is 0.812 bits per heavy atom. The van der Waals surface area contributed by atoms with Gasteiger partial charge in [-0.2, -0.15) is 0 Å². The van der Waals surface area contributed by atoms with Crippen LogP contribution in [0.3, 0.4) is 0 Å². The van der Waals surface area contributed by atoms with Gasteiger partial charge in [0.2, 0.25) is 0 Å². The maximum atomic E-state index is 3.77.